The minimum absolute atomic E-state index is 0.0971. The highest BCUT2D eigenvalue weighted by molar-refractivity contribution is 5.78. The molecule has 0 bridgehead atoms. The molecule has 1 aliphatic rings. The molecule has 0 saturated carbocycles. The van der Waals surface area contributed by atoms with Gasteiger partial charge in [0.1, 0.15) is 6.10 Å². The van der Waals surface area contributed by atoms with Crippen molar-refractivity contribution in [2.24, 2.45) is 10.6 Å². The summed E-state index contributed by atoms with van der Waals surface area (Å²) in [7, 11) is 0. The molecule has 80 valence electrons. The van der Waals surface area contributed by atoms with Crippen LogP contribution in [0.4, 0.5) is 0 Å². The van der Waals surface area contributed by atoms with Crippen LogP contribution in [0.1, 0.15) is 39.5 Å². The molecular formula is C10H17NO3. The molecule has 0 spiro atoms. The van der Waals surface area contributed by atoms with Crippen molar-refractivity contribution in [3.05, 3.63) is 4.91 Å². The van der Waals surface area contributed by atoms with Gasteiger partial charge in [0.15, 0.2) is 0 Å². The summed E-state index contributed by atoms with van der Waals surface area (Å²) < 4.78 is 5.22. The summed E-state index contributed by atoms with van der Waals surface area (Å²) in [6.45, 7) is 4.25. The third kappa shape index (κ3) is 1.94. The fraction of sp³-hybridized carbons (Fsp3) is 0.900. The molecule has 1 unspecified atom stereocenters. The van der Waals surface area contributed by atoms with Crippen molar-refractivity contribution in [1.29, 1.82) is 0 Å². The molecule has 0 aromatic rings. The average Bonchev–Trinajstić information content (AvgIpc) is 2.53. The Kier molecular flexibility index (Phi) is 3.61. The predicted molar refractivity (Wildman–Crippen MR) is 52.8 cm³/mol. The number of carbonyl (C=O) groups is 1. The molecule has 4 heteroatoms. The highest BCUT2D eigenvalue weighted by Crippen LogP contribution is 2.40. The Bertz CT molecular complexity index is 223. The van der Waals surface area contributed by atoms with E-state index in [9.17, 15) is 9.70 Å². The van der Waals surface area contributed by atoms with Crippen LogP contribution in [0.15, 0.2) is 5.18 Å². The number of hydrogen-bond acceptors (Lipinski definition) is 4. The summed E-state index contributed by atoms with van der Waals surface area (Å²) in [6.07, 6.45) is 2.84. The van der Waals surface area contributed by atoms with E-state index in [1.165, 1.54) is 0 Å². The number of carbonyl (C=O) groups excluding carboxylic acids is 1. The van der Waals surface area contributed by atoms with Gasteiger partial charge in [-0.2, -0.15) is 4.91 Å². The summed E-state index contributed by atoms with van der Waals surface area (Å²) in [5.41, 5.74) is -0.298. The van der Waals surface area contributed by atoms with Crippen LogP contribution in [0.2, 0.25) is 0 Å². The van der Waals surface area contributed by atoms with Crippen LogP contribution in [0, 0.1) is 10.3 Å². The molecule has 1 atom stereocenters. The van der Waals surface area contributed by atoms with Crippen LogP contribution in [-0.4, -0.2) is 18.6 Å². The molecule has 14 heavy (non-hydrogen) atoms. The van der Waals surface area contributed by atoms with Crippen molar-refractivity contribution in [2.45, 2.75) is 45.6 Å². The highest BCUT2D eigenvalue weighted by atomic mass is 16.6. The lowest BCUT2D eigenvalue weighted by Crippen LogP contribution is -2.24. The lowest BCUT2D eigenvalue weighted by molar-refractivity contribution is -0.149. The standard InChI is InChI=1S/C10H17NO3/c1-3-10(4-2)7-8(5-6-11-13)14-9(10)12/h8H,3-7H2,1-2H3. The maximum Gasteiger partial charge on any atom is 0.312 e. The molecular weight excluding hydrogens is 182 g/mol. The molecule has 0 aromatic heterocycles. The van der Waals surface area contributed by atoms with Gasteiger partial charge in [0, 0.05) is 12.8 Å². The van der Waals surface area contributed by atoms with E-state index in [0.29, 0.717) is 6.42 Å². The van der Waals surface area contributed by atoms with Crippen molar-refractivity contribution in [3.63, 3.8) is 0 Å². The van der Waals surface area contributed by atoms with Crippen molar-refractivity contribution in [1.82, 2.24) is 0 Å². The molecule has 1 saturated heterocycles. The summed E-state index contributed by atoms with van der Waals surface area (Å²) in [5, 5.41) is 2.78. The second-order valence-electron chi connectivity index (χ2n) is 3.86. The Morgan fingerprint density at radius 2 is 2.14 bits per heavy atom. The van der Waals surface area contributed by atoms with Gasteiger partial charge in [0.25, 0.3) is 0 Å². The van der Waals surface area contributed by atoms with Gasteiger partial charge in [-0.15, -0.1) is 0 Å². The predicted octanol–water partition coefficient (Wildman–Crippen LogP) is 2.26. The van der Waals surface area contributed by atoms with E-state index < -0.39 is 0 Å². The first-order valence-electron chi connectivity index (χ1n) is 5.18. The van der Waals surface area contributed by atoms with Gasteiger partial charge in [0.2, 0.25) is 0 Å². The monoisotopic (exact) mass is 199 g/mol. The maximum atomic E-state index is 11.6. The molecule has 0 radical (unpaired) electrons. The van der Waals surface area contributed by atoms with E-state index in [0.717, 1.165) is 19.3 Å². The van der Waals surface area contributed by atoms with Crippen molar-refractivity contribution in [3.8, 4) is 0 Å². The summed E-state index contributed by atoms with van der Waals surface area (Å²) >= 11 is 0. The van der Waals surface area contributed by atoms with Gasteiger partial charge in [-0.25, -0.2) is 0 Å². The lowest BCUT2D eigenvalue weighted by Gasteiger charge is -2.19. The Balaban J connectivity index is 2.58. The van der Waals surface area contributed by atoms with Gasteiger partial charge in [-0.1, -0.05) is 19.0 Å². The number of nitrogens with zero attached hydrogens (tertiary/aromatic N) is 1. The Labute approximate surface area is 84.0 Å². The van der Waals surface area contributed by atoms with Crippen molar-refractivity contribution in [2.75, 3.05) is 6.54 Å². The Morgan fingerprint density at radius 3 is 2.57 bits per heavy atom. The second-order valence-corrected chi connectivity index (χ2v) is 3.86. The summed E-state index contributed by atoms with van der Waals surface area (Å²) in [6, 6.07) is 0. The summed E-state index contributed by atoms with van der Waals surface area (Å²) in [5.74, 6) is -0.0987. The number of hydrogen-bond donors (Lipinski definition) is 0. The average molecular weight is 199 g/mol. The van der Waals surface area contributed by atoms with E-state index in [1.807, 2.05) is 13.8 Å². The fourth-order valence-corrected chi connectivity index (χ4v) is 2.02. The number of cyclic esters (lactones) is 1. The molecule has 1 aliphatic heterocycles. The van der Waals surface area contributed by atoms with Crippen LogP contribution in [0.3, 0.4) is 0 Å². The smallest absolute Gasteiger partial charge is 0.312 e. The second kappa shape index (κ2) is 4.53. The number of nitroso groups, excluding NO2 is 1. The first-order valence-corrected chi connectivity index (χ1v) is 5.18. The van der Waals surface area contributed by atoms with Crippen molar-refractivity contribution < 1.29 is 9.53 Å². The first kappa shape index (κ1) is 11.1. The van der Waals surface area contributed by atoms with E-state index in [2.05, 4.69) is 5.18 Å². The highest BCUT2D eigenvalue weighted by Gasteiger charge is 2.45. The molecule has 4 nitrogen and oxygen atoms in total. The van der Waals surface area contributed by atoms with Gasteiger partial charge in [0.05, 0.1) is 12.0 Å². The topological polar surface area (TPSA) is 55.7 Å². The van der Waals surface area contributed by atoms with E-state index in [-0.39, 0.29) is 24.0 Å². The third-order valence-corrected chi connectivity index (χ3v) is 3.22. The summed E-state index contributed by atoms with van der Waals surface area (Å²) in [4.78, 5) is 21.6. The SMILES string of the molecule is CCC1(CC)CC(CCN=O)OC1=O. The Morgan fingerprint density at radius 1 is 1.50 bits per heavy atom. The van der Waals surface area contributed by atoms with Crippen LogP contribution >= 0.6 is 0 Å². The van der Waals surface area contributed by atoms with Crippen molar-refractivity contribution >= 4 is 5.97 Å². The number of ether oxygens (including phenoxy) is 1. The number of esters is 1. The van der Waals surface area contributed by atoms with E-state index in [1.54, 1.807) is 0 Å². The molecule has 1 rings (SSSR count). The quantitative estimate of drug-likeness (QED) is 0.504. The minimum Gasteiger partial charge on any atom is -0.462 e. The Hall–Kier alpha value is -0.930. The van der Waals surface area contributed by atoms with Gasteiger partial charge >= 0.3 is 5.97 Å². The molecule has 0 N–H and O–H groups in total. The maximum absolute atomic E-state index is 11.6. The molecule has 1 heterocycles. The van der Waals surface area contributed by atoms with Crippen LogP contribution in [0.5, 0.6) is 0 Å². The fourth-order valence-electron chi connectivity index (χ4n) is 2.02. The first-order chi connectivity index (χ1) is 6.68. The van der Waals surface area contributed by atoms with E-state index in [4.69, 9.17) is 4.74 Å². The zero-order valence-electron chi connectivity index (χ0n) is 8.78. The van der Waals surface area contributed by atoms with Crippen LogP contribution < -0.4 is 0 Å². The van der Waals surface area contributed by atoms with Gasteiger partial charge < -0.3 is 4.74 Å². The number of rotatable bonds is 5. The van der Waals surface area contributed by atoms with Gasteiger partial charge in [-0.3, -0.25) is 4.79 Å². The van der Waals surface area contributed by atoms with Crippen LogP contribution in [-0.2, 0) is 9.53 Å². The van der Waals surface area contributed by atoms with Crippen LogP contribution in [0.25, 0.3) is 0 Å². The lowest BCUT2D eigenvalue weighted by atomic mass is 9.79. The largest absolute Gasteiger partial charge is 0.462 e. The zero-order valence-corrected chi connectivity index (χ0v) is 8.78. The zero-order chi connectivity index (χ0) is 10.6. The molecule has 0 amide bonds. The molecule has 0 aromatic carbocycles. The van der Waals surface area contributed by atoms with Gasteiger partial charge in [-0.05, 0) is 12.8 Å². The third-order valence-electron chi connectivity index (χ3n) is 3.22. The minimum atomic E-state index is -0.298. The molecule has 1 fully saturated rings. The normalized spacial score (nSPS) is 24.7. The van der Waals surface area contributed by atoms with E-state index >= 15 is 0 Å². The molecule has 0 aliphatic carbocycles.